The minimum absolute atomic E-state index is 0.154. The molecule has 1 aromatic heterocycles. The molecule has 1 heterocycles. The van der Waals surface area contributed by atoms with E-state index in [2.05, 4.69) is 16.4 Å². The first-order valence-electron chi connectivity index (χ1n) is 9.67. The van der Waals surface area contributed by atoms with Crippen LogP contribution in [0.5, 0.6) is 0 Å². The molecule has 0 aliphatic heterocycles. The summed E-state index contributed by atoms with van der Waals surface area (Å²) in [5, 5.41) is 13.8. The third-order valence-corrected chi connectivity index (χ3v) is 5.15. The minimum Gasteiger partial charge on any atom is -0.478 e. The molecule has 0 bridgehead atoms. The number of aryl methyl sites for hydroxylation is 1. The molecule has 4 aromatic rings. The van der Waals surface area contributed by atoms with E-state index < -0.39 is 5.97 Å². The van der Waals surface area contributed by atoms with Crippen molar-refractivity contribution in [3.8, 4) is 11.1 Å². The van der Waals surface area contributed by atoms with Gasteiger partial charge in [0, 0.05) is 28.9 Å². The van der Waals surface area contributed by atoms with Crippen LogP contribution in [-0.2, 0) is 0 Å². The third-order valence-electron chi connectivity index (χ3n) is 5.15. The zero-order valence-electron chi connectivity index (χ0n) is 16.7. The van der Waals surface area contributed by atoms with E-state index in [1.54, 1.807) is 36.5 Å². The maximum Gasteiger partial charge on any atom is 0.337 e. The Morgan fingerprint density at radius 3 is 2.50 bits per heavy atom. The number of pyridine rings is 1. The molecule has 150 valence electrons. The monoisotopic (exact) mass is 400 g/mol. The van der Waals surface area contributed by atoms with E-state index in [4.69, 9.17) is 0 Å². The van der Waals surface area contributed by atoms with Gasteiger partial charge < -0.3 is 10.4 Å². The molecule has 30 heavy (non-hydrogen) atoms. The van der Waals surface area contributed by atoms with Crippen molar-refractivity contribution in [2.75, 3.05) is 5.32 Å². The highest BCUT2D eigenvalue weighted by Crippen LogP contribution is 2.31. The topological polar surface area (TPSA) is 62.2 Å². The van der Waals surface area contributed by atoms with E-state index >= 15 is 0 Å². The first kappa shape index (κ1) is 19.6. The van der Waals surface area contributed by atoms with Gasteiger partial charge in [-0.25, -0.2) is 9.18 Å². The number of carboxylic acid groups (broad SMARTS) is 1. The summed E-state index contributed by atoms with van der Waals surface area (Å²) in [5.41, 5.74) is 5.51. The van der Waals surface area contributed by atoms with Crippen LogP contribution in [0.15, 0.2) is 72.9 Å². The quantitative estimate of drug-likeness (QED) is 0.417. The third kappa shape index (κ3) is 3.87. The molecule has 0 saturated carbocycles. The molecule has 0 radical (unpaired) electrons. The van der Waals surface area contributed by atoms with Crippen molar-refractivity contribution >= 4 is 22.6 Å². The highest BCUT2D eigenvalue weighted by molar-refractivity contribution is 5.94. The molecule has 4 rings (SSSR count). The van der Waals surface area contributed by atoms with E-state index in [0.717, 1.165) is 33.2 Å². The Bertz CT molecular complexity index is 1240. The number of carbonyl (C=O) groups is 1. The second-order valence-corrected chi connectivity index (χ2v) is 7.37. The average Bonchev–Trinajstić information content (AvgIpc) is 2.73. The molecule has 1 atom stereocenters. The Kier molecular flexibility index (Phi) is 5.19. The Morgan fingerprint density at radius 2 is 1.77 bits per heavy atom. The fourth-order valence-corrected chi connectivity index (χ4v) is 3.67. The Morgan fingerprint density at radius 1 is 1.03 bits per heavy atom. The van der Waals surface area contributed by atoms with Crippen LogP contribution in [0.25, 0.3) is 22.0 Å². The summed E-state index contributed by atoms with van der Waals surface area (Å²) < 4.78 is 13.3. The largest absolute Gasteiger partial charge is 0.478 e. The van der Waals surface area contributed by atoms with Crippen LogP contribution >= 0.6 is 0 Å². The number of nitrogens with zero attached hydrogens (tertiary/aromatic N) is 1. The van der Waals surface area contributed by atoms with Crippen LogP contribution in [0.4, 0.5) is 10.1 Å². The molecule has 0 saturated heterocycles. The standard InChI is InChI=1S/C25H21FN2O2/c1-15-11-21(16(2)28-23-6-4-3-5-20(23)25(29)30)22-13-18(14-27-24(22)12-15)17-7-9-19(26)10-8-17/h3-14,16,28H,1-2H3,(H,29,30). The second-order valence-electron chi connectivity index (χ2n) is 7.37. The van der Waals surface area contributed by atoms with Crippen molar-refractivity contribution < 1.29 is 14.3 Å². The zero-order chi connectivity index (χ0) is 21.3. The van der Waals surface area contributed by atoms with E-state index in [-0.39, 0.29) is 17.4 Å². The molecule has 0 amide bonds. The number of carboxylic acids is 1. The van der Waals surface area contributed by atoms with Crippen LogP contribution in [-0.4, -0.2) is 16.1 Å². The normalized spacial score (nSPS) is 12.0. The summed E-state index contributed by atoms with van der Waals surface area (Å²) >= 11 is 0. The summed E-state index contributed by atoms with van der Waals surface area (Å²) in [4.78, 5) is 16.2. The van der Waals surface area contributed by atoms with Gasteiger partial charge in [0.15, 0.2) is 0 Å². The minimum atomic E-state index is -0.973. The molecule has 5 heteroatoms. The van der Waals surface area contributed by atoms with Crippen molar-refractivity contribution in [2.45, 2.75) is 19.9 Å². The summed E-state index contributed by atoms with van der Waals surface area (Å²) in [6.07, 6.45) is 1.79. The number of aromatic carboxylic acids is 1. The maximum atomic E-state index is 13.3. The summed E-state index contributed by atoms with van der Waals surface area (Å²) in [5.74, 6) is -1.25. The molecule has 3 aromatic carbocycles. The van der Waals surface area contributed by atoms with Crippen molar-refractivity contribution in [2.24, 2.45) is 0 Å². The molecule has 1 unspecified atom stereocenters. The molecule has 0 spiro atoms. The van der Waals surface area contributed by atoms with Crippen LogP contribution < -0.4 is 5.32 Å². The molecule has 4 nitrogen and oxygen atoms in total. The molecule has 0 fully saturated rings. The summed E-state index contributed by atoms with van der Waals surface area (Å²) in [7, 11) is 0. The van der Waals surface area contributed by atoms with Crippen LogP contribution in [0.3, 0.4) is 0 Å². The van der Waals surface area contributed by atoms with Gasteiger partial charge in [-0.1, -0.05) is 30.3 Å². The van der Waals surface area contributed by atoms with E-state index in [9.17, 15) is 14.3 Å². The van der Waals surface area contributed by atoms with Crippen LogP contribution in [0.2, 0.25) is 0 Å². The Hall–Kier alpha value is -3.73. The van der Waals surface area contributed by atoms with Crippen molar-refractivity contribution in [1.82, 2.24) is 4.98 Å². The summed E-state index contributed by atoms with van der Waals surface area (Å²) in [6.45, 7) is 4.01. The number of fused-ring (bicyclic) bond motifs is 1. The fraction of sp³-hybridized carbons (Fsp3) is 0.120. The number of halogens is 1. The number of aromatic nitrogens is 1. The van der Waals surface area contributed by atoms with Gasteiger partial charge in [-0.3, -0.25) is 4.98 Å². The van der Waals surface area contributed by atoms with Gasteiger partial charge in [-0.05, 0) is 66.9 Å². The predicted molar refractivity (Wildman–Crippen MR) is 117 cm³/mol. The Balaban J connectivity index is 1.78. The lowest BCUT2D eigenvalue weighted by atomic mass is 9.96. The molecule has 0 aliphatic carbocycles. The molecular formula is C25H21FN2O2. The predicted octanol–water partition coefficient (Wildman–Crippen LogP) is 6.22. The SMILES string of the molecule is Cc1cc(C(C)Nc2ccccc2C(=O)O)c2cc(-c3ccc(F)cc3)cnc2c1. The average molecular weight is 400 g/mol. The fourth-order valence-electron chi connectivity index (χ4n) is 3.67. The number of hydrogen-bond acceptors (Lipinski definition) is 3. The van der Waals surface area contributed by atoms with Gasteiger partial charge >= 0.3 is 5.97 Å². The van der Waals surface area contributed by atoms with Gasteiger partial charge in [0.2, 0.25) is 0 Å². The molecule has 2 N–H and O–H groups in total. The van der Waals surface area contributed by atoms with Gasteiger partial charge in [-0.2, -0.15) is 0 Å². The van der Waals surface area contributed by atoms with Crippen LogP contribution in [0.1, 0.15) is 34.5 Å². The van der Waals surface area contributed by atoms with Gasteiger partial charge in [0.25, 0.3) is 0 Å². The van der Waals surface area contributed by atoms with Crippen LogP contribution in [0, 0.1) is 12.7 Å². The van der Waals surface area contributed by atoms with Gasteiger partial charge in [-0.15, -0.1) is 0 Å². The zero-order valence-corrected chi connectivity index (χ0v) is 16.7. The number of hydrogen-bond donors (Lipinski definition) is 2. The number of benzene rings is 3. The van der Waals surface area contributed by atoms with Gasteiger partial charge in [0.1, 0.15) is 5.82 Å². The first-order chi connectivity index (χ1) is 14.4. The number of para-hydroxylation sites is 1. The number of rotatable bonds is 5. The Labute approximate surface area is 174 Å². The van der Waals surface area contributed by atoms with E-state index in [1.165, 1.54) is 12.1 Å². The van der Waals surface area contributed by atoms with Crippen molar-refractivity contribution in [3.63, 3.8) is 0 Å². The lowest BCUT2D eigenvalue weighted by Crippen LogP contribution is -2.11. The maximum absolute atomic E-state index is 13.3. The lowest BCUT2D eigenvalue weighted by Gasteiger charge is -2.20. The van der Waals surface area contributed by atoms with Crippen molar-refractivity contribution in [1.29, 1.82) is 0 Å². The number of nitrogens with one attached hydrogen (secondary N) is 1. The first-order valence-corrected chi connectivity index (χ1v) is 9.67. The highest BCUT2D eigenvalue weighted by Gasteiger charge is 2.16. The van der Waals surface area contributed by atoms with Crippen molar-refractivity contribution in [3.05, 3.63) is 95.4 Å². The lowest BCUT2D eigenvalue weighted by molar-refractivity contribution is 0.0698. The smallest absolute Gasteiger partial charge is 0.337 e. The molecular weight excluding hydrogens is 379 g/mol. The molecule has 0 aliphatic rings. The number of anilines is 1. The van der Waals surface area contributed by atoms with E-state index in [1.807, 2.05) is 32.0 Å². The van der Waals surface area contributed by atoms with Gasteiger partial charge in [0.05, 0.1) is 11.1 Å². The van der Waals surface area contributed by atoms with E-state index in [0.29, 0.717) is 5.69 Å². The second kappa shape index (κ2) is 7.95. The summed E-state index contributed by atoms with van der Waals surface area (Å²) in [6, 6.07) is 19.2. The highest BCUT2D eigenvalue weighted by atomic mass is 19.1.